The first-order valence-electron chi connectivity index (χ1n) is 4.21. The molecule has 0 spiro atoms. The Kier molecular flexibility index (Phi) is 5.80. The predicted octanol–water partition coefficient (Wildman–Crippen LogP) is 0.692. The zero-order chi connectivity index (χ0) is 13.4. The van der Waals surface area contributed by atoms with Gasteiger partial charge in [-0.15, -0.1) is 0 Å². The summed E-state index contributed by atoms with van der Waals surface area (Å²) in [5, 5.41) is 9.19. The minimum Gasteiger partial charge on any atom is -0.499 e. The molecule has 0 aromatic heterocycles. The molecular weight excluding hydrogens is 232 g/mol. The van der Waals surface area contributed by atoms with Gasteiger partial charge in [-0.3, -0.25) is 4.89 Å². The van der Waals surface area contributed by atoms with Crippen molar-refractivity contribution in [1.82, 2.24) is 0 Å². The van der Waals surface area contributed by atoms with Crippen molar-refractivity contribution in [2.75, 3.05) is 0 Å². The molecule has 0 aromatic rings. The van der Waals surface area contributed by atoms with Crippen molar-refractivity contribution in [3.63, 3.8) is 0 Å². The van der Waals surface area contributed by atoms with Gasteiger partial charge in [0.05, 0.1) is 0 Å². The first-order valence-corrected chi connectivity index (χ1v) is 4.21. The van der Waals surface area contributed by atoms with E-state index in [-0.39, 0.29) is 0 Å². The third-order valence-corrected chi connectivity index (χ3v) is 1.30. The van der Waals surface area contributed by atoms with Crippen molar-refractivity contribution in [2.45, 2.75) is 6.92 Å². The second kappa shape index (κ2) is 6.83. The first kappa shape index (κ1) is 14.4. The summed E-state index contributed by atoms with van der Waals surface area (Å²) in [6, 6.07) is 0. The lowest BCUT2D eigenvalue weighted by Crippen LogP contribution is -2.14. The Labute approximate surface area is 96.5 Å². The summed E-state index contributed by atoms with van der Waals surface area (Å²) in [4.78, 5) is 40.6. The van der Waals surface area contributed by atoms with E-state index in [0.717, 1.165) is 19.1 Å². The first-order chi connectivity index (χ1) is 7.92. The van der Waals surface area contributed by atoms with E-state index in [0.29, 0.717) is 0 Å². The van der Waals surface area contributed by atoms with E-state index in [1.807, 2.05) is 0 Å². The van der Waals surface area contributed by atoms with E-state index < -0.39 is 29.4 Å². The van der Waals surface area contributed by atoms with Crippen LogP contribution in [0.4, 0.5) is 0 Å². The van der Waals surface area contributed by atoms with Gasteiger partial charge in [0.2, 0.25) is 11.5 Å². The molecule has 7 heteroatoms. The van der Waals surface area contributed by atoms with E-state index in [1.165, 1.54) is 0 Å². The summed E-state index contributed by atoms with van der Waals surface area (Å²) >= 11 is 0. The molecule has 0 aliphatic carbocycles. The highest BCUT2D eigenvalue weighted by atomic mass is 17.2. The lowest BCUT2D eigenvalue weighted by Gasteiger charge is -2.04. The summed E-state index contributed by atoms with van der Waals surface area (Å²) in [5.74, 6) is -4.80. The summed E-state index contributed by atoms with van der Waals surface area (Å²) in [6.45, 7) is 7.26. The van der Waals surface area contributed by atoms with E-state index in [1.54, 1.807) is 0 Å². The summed E-state index contributed by atoms with van der Waals surface area (Å²) in [5.41, 5.74) is 0. The second-order valence-corrected chi connectivity index (χ2v) is 2.51. The average Bonchev–Trinajstić information content (AvgIpc) is 2.33. The third-order valence-electron chi connectivity index (χ3n) is 1.30. The van der Waals surface area contributed by atoms with Crippen LogP contribution >= 0.6 is 0 Å². The van der Waals surface area contributed by atoms with Gasteiger partial charge in [0.15, 0.2) is 0 Å². The number of hydrogen-bond acceptors (Lipinski definition) is 7. The molecule has 0 aliphatic heterocycles. The fourth-order valence-corrected chi connectivity index (χ4v) is 0.502. The van der Waals surface area contributed by atoms with Crippen molar-refractivity contribution >= 4 is 17.9 Å². The summed E-state index contributed by atoms with van der Waals surface area (Å²) < 4.78 is 4.07. The average molecular weight is 242 g/mol. The molecule has 0 atom stereocenters. The molecule has 0 bridgehead atoms. The van der Waals surface area contributed by atoms with Gasteiger partial charge < -0.3 is 9.84 Å². The van der Waals surface area contributed by atoms with Gasteiger partial charge in [-0.25, -0.2) is 19.3 Å². The van der Waals surface area contributed by atoms with Gasteiger partial charge in [0.25, 0.3) is 0 Å². The molecule has 0 rings (SSSR count). The van der Waals surface area contributed by atoms with Crippen molar-refractivity contribution in [1.29, 1.82) is 0 Å². The SMILES string of the molecule is C=CC(=O)OOC(C)=C(O)C(=O)OC(=O)C=C. The maximum absolute atomic E-state index is 11.0. The van der Waals surface area contributed by atoms with E-state index in [9.17, 15) is 19.5 Å². The molecular formula is C10H10O7. The zero-order valence-corrected chi connectivity index (χ0v) is 8.97. The highest BCUT2D eigenvalue weighted by molar-refractivity contribution is 5.98. The van der Waals surface area contributed by atoms with Crippen LogP contribution in [0.3, 0.4) is 0 Å². The number of esters is 2. The van der Waals surface area contributed by atoms with Crippen LogP contribution in [0.25, 0.3) is 0 Å². The van der Waals surface area contributed by atoms with Gasteiger partial charge in [-0.2, -0.15) is 0 Å². The Hall–Kier alpha value is -2.57. The molecule has 0 radical (unpaired) electrons. The maximum Gasteiger partial charge on any atom is 0.385 e. The van der Waals surface area contributed by atoms with Crippen LogP contribution in [-0.4, -0.2) is 23.0 Å². The number of aliphatic hydroxyl groups excluding tert-OH is 1. The quantitative estimate of drug-likeness (QED) is 0.189. The molecule has 0 fully saturated rings. The molecule has 0 saturated carbocycles. The maximum atomic E-state index is 11.0. The molecule has 0 unspecified atom stereocenters. The minimum atomic E-state index is -1.36. The van der Waals surface area contributed by atoms with Crippen molar-refractivity contribution in [2.24, 2.45) is 0 Å². The third kappa shape index (κ3) is 5.17. The van der Waals surface area contributed by atoms with E-state index in [2.05, 4.69) is 27.7 Å². The number of ether oxygens (including phenoxy) is 1. The van der Waals surface area contributed by atoms with Crippen LogP contribution in [0.15, 0.2) is 36.8 Å². The number of carbonyl (C=O) groups excluding carboxylic acids is 3. The van der Waals surface area contributed by atoms with Gasteiger partial charge >= 0.3 is 17.9 Å². The van der Waals surface area contributed by atoms with Crippen molar-refractivity contribution in [3.8, 4) is 0 Å². The van der Waals surface area contributed by atoms with Crippen LogP contribution in [0.5, 0.6) is 0 Å². The zero-order valence-electron chi connectivity index (χ0n) is 8.97. The molecule has 0 aromatic carbocycles. The van der Waals surface area contributed by atoms with Crippen LogP contribution in [0.2, 0.25) is 0 Å². The summed E-state index contributed by atoms with van der Waals surface area (Å²) in [7, 11) is 0. The summed E-state index contributed by atoms with van der Waals surface area (Å²) in [6.07, 6.45) is 1.54. The topological polar surface area (TPSA) is 99.1 Å². The van der Waals surface area contributed by atoms with Gasteiger partial charge in [0.1, 0.15) is 0 Å². The van der Waals surface area contributed by atoms with Crippen molar-refractivity contribution < 1.29 is 34.0 Å². The Morgan fingerprint density at radius 1 is 1.06 bits per heavy atom. The monoisotopic (exact) mass is 242 g/mol. The number of rotatable bonds is 5. The number of carbonyl (C=O) groups is 3. The lowest BCUT2D eigenvalue weighted by molar-refractivity contribution is -0.243. The van der Waals surface area contributed by atoms with Gasteiger partial charge in [-0.1, -0.05) is 13.2 Å². The van der Waals surface area contributed by atoms with Crippen LogP contribution in [-0.2, 0) is 28.9 Å². The molecule has 0 heterocycles. The standard InChI is InChI=1S/C10H10O7/c1-4-7(11)15-10(14)9(13)6(3)16-17-8(12)5-2/h4-5,13H,1-2H2,3H3. The normalized spacial score (nSPS) is 10.6. The lowest BCUT2D eigenvalue weighted by atomic mass is 10.4. The number of aliphatic hydroxyl groups is 1. The smallest absolute Gasteiger partial charge is 0.385 e. The van der Waals surface area contributed by atoms with Gasteiger partial charge in [-0.05, 0) is 0 Å². The van der Waals surface area contributed by atoms with E-state index >= 15 is 0 Å². The Balaban J connectivity index is 4.52. The van der Waals surface area contributed by atoms with Crippen molar-refractivity contribution in [3.05, 3.63) is 36.8 Å². The molecule has 1 N–H and O–H groups in total. The molecule has 0 saturated heterocycles. The largest absolute Gasteiger partial charge is 0.499 e. The molecule has 17 heavy (non-hydrogen) atoms. The predicted molar refractivity (Wildman–Crippen MR) is 54.0 cm³/mol. The fraction of sp³-hybridized carbons (Fsp3) is 0.100. The Morgan fingerprint density at radius 3 is 2.06 bits per heavy atom. The highest BCUT2D eigenvalue weighted by Crippen LogP contribution is 2.06. The second-order valence-electron chi connectivity index (χ2n) is 2.51. The van der Waals surface area contributed by atoms with Crippen LogP contribution < -0.4 is 0 Å². The number of hydrogen-bond donors (Lipinski definition) is 1. The van der Waals surface area contributed by atoms with Crippen LogP contribution in [0, 0.1) is 0 Å². The Bertz CT molecular complexity index is 391. The molecule has 7 nitrogen and oxygen atoms in total. The number of allylic oxidation sites excluding steroid dienone is 1. The molecule has 0 aliphatic rings. The van der Waals surface area contributed by atoms with Gasteiger partial charge in [0, 0.05) is 19.1 Å². The minimum absolute atomic E-state index is 0.456. The molecule has 92 valence electrons. The van der Waals surface area contributed by atoms with Crippen LogP contribution in [0.1, 0.15) is 6.92 Å². The highest BCUT2D eigenvalue weighted by Gasteiger charge is 2.18. The fourth-order valence-electron chi connectivity index (χ4n) is 0.502. The Morgan fingerprint density at radius 2 is 1.59 bits per heavy atom. The molecule has 0 amide bonds. The van der Waals surface area contributed by atoms with E-state index in [4.69, 9.17) is 0 Å².